The molecule has 20 heavy (non-hydrogen) atoms. The monoisotopic (exact) mass is 282 g/mol. The highest BCUT2D eigenvalue weighted by atomic mass is 19.1. The number of carboxylic acids is 1. The van der Waals surface area contributed by atoms with E-state index in [9.17, 15) is 9.18 Å². The number of hydrogen-bond donors (Lipinski definition) is 1. The van der Waals surface area contributed by atoms with Gasteiger partial charge in [0.15, 0.2) is 11.6 Å². The summed E-state index contributed by atoms with van der Waals surface area (Å²) in [7, 11) is 0. The van der Waals surface area contributed by atoms with Crippen molar-refractivity contribution in [2.24, 2.45) is 0 Å². The van der Waals surface area contributed by atoms with Gasteiger partial charge in [-0.3, -0.25) is 0 Å². The van der Waals surface area contributed by atoms with E-state index >= 15 is 0 Å². The maximum atomic E-state index is 13.9. The second kappa shape index (κ2) is 4.74. The van der Waals surface area contributed by atoms with Crippen LogP contribution in [-0.2, 0) is 4.74 Å². The normalized spacial score (nSPS) is 23.6. The molecule has 0 aromatic heterocycles. The summed E-state index contributed by atoms with van der Waals surface area (Å²) in [4.78, 5) is 10.8. The molecule has 0 saturated carbocycles. The molecule has 1 fully saturated rings. The maximum Gasteiger partial charge on any atom is 0.335 e. The zero-order chi connectivity index (χ0) is 15.1. The van der Waals surface area contributed by atoms with Crippen molar-refractivity contribution in [3.63, 3.8) is 0 Å². The van der Waals surface area contributed by atoms with E-state index in [-0.39, 0.29) is 23.0 Å². The number of halogens is 1. The molecule has 1 aliphatic rings. The lowest BCUT2D eigenvalue weighted by Crippen LogP contribution is -2.36. The molecule has 1 aromatic carbocycles. The van der Waals surface area contributed by atoms with Crippen molar-refractivity contribution in [1.29, 1.82) is 0 Å². The first-order valence-corrected chi connectivity index (χ1v) is 6.50. The van der Waals surface area contributed by atoms with Crippen molar-refractivity contribution in [2.75, 3.05) is 0 Å². The molecule has 1 atom stereocenters. The first kappa shape index (κ1) is 14.8. The lowest BCUT2D eigenvalue weighted by Gasteiger charge is -2.27. The molecule has 4 nitrogen and oxygen atoms in total. The number of carboxylic acid groups (broad SMARTS) is 1. The summed E-state index contributed by atoms with van der Waals surface area (Å²) in [5.41, 5.74) is -0.954. The molecule has 0 bridgehead atoms. The lowest BCUT2D eigenvalue weighted by molar-refractivity contribution is -0.0849. The fourth-order valence-corrected chi connectivity index (χ4v) is 2.58. The minimum Gasteiger partial charge on any atom is -0.484 e. The molecule has 1 aromatic rings. The van der Waals surface area contributed by atoms with Crippen molar-refractivity contribution in [1.82, 2.24) is 0 Å². The molecule has 5 heteroatoms. The third-order valence-electron chi connectivity index (χ3n) is 3.44. The van der Waals surface area contributed by atoms with Gasteiger partial charge in [0.05, 0.1) is 11.2 Å². The van der Waals surface area contributed by atoms with E-state index in [2.05, 4.69) is 0 Å². The first-order valence-electron chi connectivity index (χ1n) is 6.50. The third-order valence-corrected chi connectivity index (χ3v) is 3.44. The number of benzene rings is 1. The Morgan fingerprint density at radius 2 is 2.05 bits per heavy atom. The highest BCUT2D eigenvalue weighted by Gasteiger charge is 2.47. The summed E-state index contributed by atoms with van der Waals surface area (Å²) in [5.74, 6) is -1.79. The van der Waals surface area contributed by atoms with Crippen LogP contribution in [0.2, 0.25) is 0 Å². The molecule has 2 rings (SSSR count). The van der Waals surface area contributed by atoms with Crippen LogP contribution in [0.1, 0.15) is 44.5 Å². The van der Waals surface area contributed by atoms with Gasteiger partial charge in [0, 0.05) is 6.42 Å². The molecule has 110 valence electrons. The van der Waals surface area contributed by atoms with Crippen molar-refractivity contribution in [3.05, 3.63) is 29.6 Å². The smallest absolute Gasteiger partial charge is 0.335 e. The average Bonchev–Trinajstić information content (AvgIpc) is 2.49. The highest BCUT2D eigenvalue weighted by molar-refractivity contribution is 5.87. The van der Waals surface area contributed by atoms with E-state index in [1.807, 2.05) is 27.7 Å². The Bertz CT molecular complexity index is 537. The highest BCUT2D eigenvalue weighted by Crippen LogP contribution is 2.39. The minimum atomic E-state index is -1.17. The average molecular weight is 282 g/mol. The molecular formula is C15H19FO4. The summed E-state index contributed by atoms with van der Waals surface area (Å²) in [6.45, 7) is 7.72. The molecule has 1 heterocycles. The van der Waals surface area contributed by atoms with E-state index in [0.717, 1.165) is 6.07 Å². The molecule has 1 aliphatic heterocycles. The van der Waals surface area contributed by atoms with Gasteiger partial charge >= 0.3 is 5.97 Å². The maximum absolute atomic E-state index is 13.9. The van der Waals surface area contributed by atoms with Crippen LogP contribution < -0.4 is 4.74 Å². The molecule has 1 unspecified atom stereocenters. The van der Waals surface area contributed by atoms with Gasteiger partial charge in [-0.1, -0.05) is 0 Å². The molecule has 0 radical (unpaired) electrons. The fourth-order valence-electron chi connectivity index (χ4n) is 2.58. The Hall–Kier alpha value is -1.62. The summed E-state index contributed by atoms with van der Waals surface area (Å²) >= 11 is 0. The Balaban J connectivity index is 2.21. The van der Waals surface area contributed by atoms with Crippen LogP contribution in [0, 0.1) is 5.82 Å². The predicted octanol–water partition coefficient (Wildman–Crippen LogP) is 3.25. The molecule has 0 amide bonds. The van der Waals surface area contributed by atoms with Crippen LogP contribution in [-0.4, -0.2) is 28.4 Å². The summed E-state index contributed by atoms with van der Waals surface area (Å²) in [6, 6.07) is 3.64. The van der Waals surface area contributed by atoms with Gasteiger partial charge in [0.1, 0.15) is 11.7 Å². The van der Waals surface area contributed by atoms with Crippen molar-refractivity contribution in [3.8, 4) is 5.75 Å². The van der Waals surface area contributed by atoms with Gasteiger partial charge in [-0.2, -0.15) is 0 Å². The van der Waals surface area contributed by atoms with Crippen LogP contribution in [0.3, 0.4) is 0 Å². The van der Waals surface area contributed by atoms with Crippen LogP contribution in [0.15, 0.2) is 18.2 Å². The van der Waals surface area contributed by atoms with E-state index in [1.54, 1.807) is 0 Å². The van der Waals surface area contributed by atoms with Gasteiger partial charge < -0.3 is 14.6 Å². The Kier molecular flexibility index (Phi) is 3.50. The van der Waals surface area contributed by atoms with E-state index in [1.165, 1.54) is 12.1 Å². The first-order chi connectivity index (χ1) is 9.11. The minimum absolute atomic E-state index is 0.0503. The molecular weight excluding hydrogens is 263 g/mol. The van der Waals surface area contributed by atoms with Gasteiger partial charge in [-0.05, 0) is 45.9 Å². The van der Waals surface area contributed by atoms with Crippen molar-refractivity contribution >= 4 is 5.97 Å². The Morgan fingerprint density at radius 1 is 1.40 bits per heavy atom. The molecule has 1 saturated heterocycles. The summed E-state index contributed by atoms with van der Waals surface area (Å²) in [5, 5.41) is 8.81. The topological polar surface area (TPSA) is 55.8 Å². The zero-order valence-electron chi connectivity index (χ0n) is 12.1. The van der Waals surface area contributed by atoms with Gasteiger partial charge in [-0.25, -0.2) is 9.18 Å². The third kappa shape index (κ3) is 2.93. The molecule has 0 aliphatic carbocycles. The largest absolute Gasteiger partial charge is 0.484 e. The van der Waals surface area contributed by atoms with Gasteiger partial charge in [-0.15, -0.1) is 0 Å². The number of hydrogen-bond acceptors (Lipinski definition) is 3. The quantitative estimate of drug-likeness (QED) is 0.924. The lowest BCUT2D eigenvalue weighted by atomic mass is 9.97. The van der Waals surface area contributed by atoms with Crippen molar-refractivity contribution < 1.29 is 23.8 Å². The van der Waals surface area contributed by atoms with E-state index in [4.69, 9.17) is 14.6 Å². The summed E-state index contributed by atoms with van der Waals surface area (Å²) < 4.78 is 25.5. The Morgan fingerprint density at radius 3 is 2.50 bits per heavy atom. The number of rotatable bonds is 3. The van der Waals surface area contributed by atoms with E-state index < -0.39 is 17.4 Å². The number of ether oxygens (including phenoxy) is 2. The second-order valence-corrected chi connectivity index (χ2v) is 6.23. The Labute approximate surface area is 117 Å². The van der Waals surface area contributed by atoms with Gasteiger partial charge in [0.25, 0.3) is 0 Å². The van der Waals surface area contributed by atoms with E-state index in [0.29, 0.717) is 6.42 Å². The standard InChI is InChI=1S/C15H19FO4/c1-14(2)8-12(15(3,4)20-14)19-11-6-5-9(13(17)18)7-10(11)16/h5-7,12H,8H2,1-4H3,(H,17,18). The zero-order valence-corrected chi connectivity index (χ0v) is 12.1. The second-order valence-electron chi connectivity index (χ2n) is 6.23. The van der Waals surface area contributed by atoms with Crippen LogP contribution in [0.25, 0.3) is 0 Å². The van der Waals surface area contributed by atoms with Gasteiger partial charge in [0.2, 0.25) is 0 Å². The number of carbonyl (C=O) groups is 1. The van der Waals surface area contributed by atoms with Crippen molar-refractivity contribution in [2.45, 2.75) is 51.4 Å². The number of aromatic carboxylic acids is 1. The SMILES string of the molecule is CC1(C)CC(Oc2ccc(C(=O)O)cc2F)C(C)(C)O1. The molecule has 0 spiro atoms. The predicted molar refractivity (Wildman–Crippen MR) is 71.6 cm³/mol. The molecule has 1 N–H and O–H groups in total. The van der Waals surface area contributed by atoms with Crippen LogP contribution >= 0.6 is 0 Å². The fraction of sp³-hybridized carbons (Fsp3) is 0.533. The van der Waals surface area contributed by atoms with Crippen LogP contribution in [0.4, 0.5) is 4.39 Å². The van der Waals surface area contributed by atoms with Crippen LogP contribution in [0.5, 0.6) is 5.75 Å². The summed E-state index contributed by atoms with van der Waals surface area (Å²) in [6.07, 6.45) is 0.350.